The van der Waals surface area contributed by atoms with Gasteiger partial charge in [0.25, 0.3) is 15.9 Å². The van der Waals surface area contributed by atoms with E-state index in [4.69, 9.17) is 4.74 Å². The number of nitrogens with one attached hydrogen (secondary N) is 1. The highest BCUT2D eigenvalue weighted by molar-refractivity contribution is 7.92. The lowest BCUT2D eigenvalue weighted by Gasteiger charge is -2.31. The monoisotopic (exact) mass is 454 g/mol. The summed E-state index contributed by atoms with van der Waals surface area (Å²) in [7, 11) is -3.68. The minimum Gasteiger partial charge on any atom is -0.481 e. The quantitative estimate of drug-likeness (QED) is 0.603. The standard InChI is InChI=1S/C24H23FN2O4S/c1-17-8-11-20(12-9-17)32(29,30)27-14-4-5-18-15-19(10-13-22(18)27)26-24(28)16-31-23-7-3-2-6-21(23)25/h2-3,6-13,15H,4-5,14,16H2,1H3,(H,26,28). The van der Waals surface area contributed by atoms with Crippen LogP contribution >= 0.6 is 0 Å². The van der Waals surface area contributed by atoms with Crippen LogP contribution in [0.3, 0.4) is 0 Å². The van der Waals surface area contributed by atoms with E-state index in [1.165, 1.54) is 22.5 Å². The SMILES string of the molecule is Cc1ccc(S(=O)(=O)N2CCCc3cc(NC(=O)COc4ccccc4F)ccc32)cc1. The smallest absolute Gasteiger partial charge is 0.264 e. The highest BCUT2D eigenvalue weighted by atomic mass is 32.2. The number of sulfonamides is 1. The molecule has 0 unspecified atom stereocenters. The Labute approximate surface area is 186 Å². The fraction of sp³-hybridized carbons (Fsp3) is 0.208. The van der Waals surface area contributed by atoms with Gasteiger partial charge in [0, 0.05) is 12.2 Å². The second-order valence-electron chi connectivity index (χ2n) is 7.60. The molecule has 0 fully saturated rings. The topological polar surface area (TPSA) is 75.7 Å². The molecule has 8 heteroatoms. The second kappa shape index (κ2) is 9.00. The van der Waals surface area contributed by atoms with E-state index in [0.717, 1.165) is 11.1 Å². The van der Waals surface area contributed by atoms with Crippen LogP contribution < -0.4 is 14.4 Å². The van der Waals surface area contributed by atoms with Gasteiger partial charge in [0.05, 0.1) is 10.6 Å². The number of aryl methyl sites for hydroxylation is 2. The molecular formula is C24H23FN2O4S. The van der Waals surface area contributed by atoms with E-state index in [9.17, 15) is 17.6 Å². The summed E-state index contributed by atoms with van der Waals surface area (Å²) >= 11 is 0. The maximum absolute atomic E-state index is 13.6. The third-order valence-electron chi connectivity index (χ3n) is 5.24. The van der Waals surface area contributed by atoms with Crippen molar-refractivity contribution in [1.29, 1.82) is 0 Å². The summed E-state index contributed by atoms with van der Waals surface area (Å²) in [4.78, 5) is 12.5. The molecule has 0 atom stereocenters. The molecule has 0 aliphatic carbocycles. The normalized spacial score (nSPS) is 13.4. The zero-order valence-corrected chi connectivity index (χ0v) is 18.4. The van der Waals surface area contributed by atoms with E-state index >= 15 is 0 Å². The van der Waals surface area contributed by atoms with Crippen molar-refractivity contribution < 1.29 is 22.3 Å². The zero-order chi connectivity index (χ0) is 22.7. The molecule has 0 aromatic heterocycles. The molecule has 0 bridgehead atoms. The Morgan fingerprint density at radius 3 is 2.59 bits per heavy atom. The fourth-order valence-corrected chi connectivity index (χ4v) is 5.17. The number of halogens is 1. The zero-order valence-electron chi connectivity index (χ0n) is 17.5. The molecule has 1 N–H and O–H groups in total. The van der Waals surface area contributed by atoms with Crippen LogP contribution in [0.15, 0.2) is 71.6 Å². The number of fused-ring (bicyclic) bond motifs is 1. The van der Waals surface area contributed by atoms with Gasteiger partial charge in [0.15, 0.2) is 18.2 Å². The van der Waals surface area contributed by atoms with E-state index in [2.05, 4.69) is 5.32 Å². The second-order valence-corrected chi connectivity index (χ2v) is 9.47. The number of nitrogens with zero attached hydrogens (tertiary/aromatic N) is 1. The van der Waals surface area contributed by atoms with E-state index in [1.54, 1.807) is 48.5 Å². The summed E-state index contributed by atoms with van der Waals surface area (Å²) in [5.41, 5.74) is 2.96. The van der Waals surface area contributed by atoms with Gasteiger partial charge in [-0.05, 0) is 67.8 Å². The number of carbonyl (C=O) groups excluding carboxylic acids is 1. The molecule has 0 saturated heterocycles. The van der Waals surface area contributed by atoms with Crippen LogP contribution in [-0.2, 0) is 21.2 Å². The summed E-state index contributed by atoms with van der Waals surface area (Å²) < 4.78 is 46.6. The molecule has 1 aliphatic heterocycles. The summed E-state index contributed by atoms with van der Waals surface area (Å²) in [5.74, 6) is -0.970. The summed E-state index contributed by atoms with van der Waals surface area (Å²) in [6.45, 7) is 1.96. The van der Waals surface area contributed by atoms with Crippen LogP contribution in [0.2, 0.25) is 0 Å². The summed E-state index contributed by atoms with van der Waals surface area (Å²) in [6.07, 6.45) is 1.37. The maximum Gasteiger partial charge on any atom is 0.264 e. The van der Waals surface area contributed by atoms with Crippen LogP contribution in [0.25, 0.3) is 0 Å². The van der Waals surface area contributed by atoms with Crippen molar-refractivity contribution in [3.63, 3.8) is 0 Å². The van der Waals surface area contributed by atoms with Gasteiger partial charge in [0.2, 0.25) is 0 Å². The van der Waals surface area contributed by atoms with E-state index < -0.39 is 21.7 Å². The lowest BCUT2D eigenvalue weighted by atomic mass is 10.0. The van der Waals surface area contributed by atoms with Gasteiger partial charge in [-0.25, -0.2) is 12.8 Å². The third kappa shape index (κ3) is 4.60. The average molecular weight is 455 g/mol. The lowest BCUT2D eigenvalue weighted by Crippen LogP contribution is -2.35. The molecule has 32 heavy (non-hydrogen) atoms. The van der Waals surface area contributed by atoms with Crippen molar-refractivity contribution in [1.82, 2.24) is 0 Å². The van der Waals surface area contributed by atoms with Crippen LogP contribution in [0.5, 0.6) is 5.75 Å². The minimum absolute atomic E-state index is 0.00467. The summed E-state index contributed by atoms with van der Waals surface area (Å²) in [6, 6.07) is 17.8. The van der Waals surface area contributed by atoms with E-state index in [0.29, 0.717) is 30.8 Å². The number of amides is 1. The first-order valence-electron chi connectivity index (χ1n) is 10.2. The van der Waals surface area contributed by atoms with Gasteiger partial charge in [0.1, 0.15) is 0 Å². The van der Waals surface area contributed by atoms with Gasteiger partial charge in [-0.1, -0.05) is 29.8 Å². The number of benzene rings is 3. The molecule has 166 valence electrons. The number of rotatable bonds is 6. The van der Waals surface area contributed by atoms with E-state index in [1.807, 2.05) is 6.92 Å². The first-order chi connectivity index (χ1) is 15.3. The van der Waals surface area contributed by atoms with E-state index in [-0.39, 0.29) is 17.3 Å². The Bertz CT molecular complexity index is 1240. The Kier molecular flexibility index (Phi) is 6.14. The molecule has 0 radical (unpaired) electrons. The van der Waals surface area contributed by atoms with Gasteiger partial charge in [-0.15, -0.1) is 0 Å². The van der Waals surface area contributed by atoms with Gasteiger partial charge in [-0.2, -0.15) is 0 Å². The highest BCUT2D eigenvalue weighted by Gasteiger charge is 2.29. The number of carbonyl (C=O) groups is 1. The van der Waals surface area contributed by atoms with Crippen molar-refractivity contribution in [2.45, 2.75) is 24.7 Å². The number of ether oxygens (including phenoxy) is 1. The van der Waals surface area contributed by atoms with Crippen LogP contribution in [-0.4, -0.2) is 27.5 Å². The molecule has 1 aliphatic rings. The predicted octanol–water partition coefficient (Wildman–Crippen LogP) is 4.29. The third-order valence-corrected chi connectivity index (χ3v) is 7.07. The van der Waals surface area contributed by atoms with Crippen molar-refractivity contribution in [2.75, 3.05) is 22.8 Å². The van der Waals surface area contributed by atoms with Crippen molar-refractivity contribution in [3.8, 4) is 5.75 Å². The molecule has 3 aromatic rings. The Morgan fingerprint density at radius 1 is 1.09 bits per heavy atom. The molecule has 1 heterocycles. The molecular weight excluding hydrogens is 431 g/mol. The van der Waals surface area contributed by atoms with Crippen molar-refractivity contribution in [2.24, 2.45) is 0 Å². The van der Waals surface area contributed by atoms with Crippen LogP contribution in [0.4, 0.5) is 15.8 Å². The molecule has 6 nitrogen and oxygen atoms in total. The van der Waals surface area contributed by atoms with Crippen molar-refractivity contribution in [3.05, 3.63) is 83.7 Å². The Balaban J connectivity index is 1.49. The number of anilines is 2. The number of hydrogen-bond acceptors (Lipinski definition) is 4. The Hall–Kier alpha value is -3.39. The van der Waals surface area contributed by atoms with Crippen LogP contribution in [0, 0.1) is 12.7 Å². The Morgan fingerprint density at radius 2 is 1.84 bits per heavy atom. The first kappa shape index (κ1) is 21.8. The molecule has 1 amide bonds. The minimum atomic E-state index is -3.68. The molecule has 0 spiro atoms. The largest absolute Gasteiger partial charge is 0.481 e. The maximum atomic E-state index is 13.6. The lowest BCUT2D eigenvalue weighted by molar-refractivity contribution is -0.118. The van der Waals surface area contributed by atoms with Crippen LogP contribution in [0.1, 0.15) is 17.5 Å². The average Bonchev–Trinajstić information content (AvgIpc) is 2.78. The van der Waals surface area contributed by atoms with Gasteiger partial charge in [-0.3, -0.25) is 9.10 Å². The molecule has 0 saturated carbocycles. The molecule has 3 aromatic carbocycles. The fourth-order valence-electron chi connectivity index (χ4n) is 3.63. The number of hydrogen-bond donors (Lipinski definition) is 1. The van der Waals surface area contributed by atoms with Gasteiger partial charge < -0.3 is 10.1 Å². The molecule has 4 rings (SSSR count). The number of para-hydroxylation sites is 1. The van der Waals surface area contributed by atoms with Crippen molar-refractivity contribution >= 4 is 27.3 Å². The first-order valence-corrected chi connectivity index (χ1v) is 11.7. The van der Waals surface area contributed by atoms with Gasteiger partial charge >= 0.3 is 0 Å². The highest BCUT2D eigenvalue weighted by Crippen LogP contribution is 2.33. The predicted molar refractivity (Wildman–Crippen MR) is 121 cm³/mol. The summed E-state index contributed by atoms with van der Waals surface area (Å²) in [5, 5.41) is 2.72.